The molecule has 1 aliphatic rings. The lowest BCUT2D eigenvalue weighted by atomic mass is 9.94. The first-order valence-corrected chi connectivity index (χ1v) is 11.6. The van der Waals surface area contributed by atoms with E-state index < -0.39 is 18.0 Å². The lowest BCUT2D eigenvalue weighted by Gasteiger charge is -2.30. The predicted octanol–water partition coefficient (Wildman–Crippen LogP) is 6.21. The van der Waals surface area contributed by atoms with Crippen LogP contribution in [0.2, 0.25) is 0 Å². The zero-order valence-electron chi connectivity index (χ0n) is 20.4. The zero-order valence-corrected chi connectivity index (χ0v) is 20.4. The molecule has 3 aromatic rings. The second-order valence-electron chi connectivity index (χ2n) is 7.59. The Hall–Kier alpha value is -3.36. The topological polar surface area (TPSA) is 76.0 Å². The third-order valence-corrected chi connectivity index (χ3v) is 5.08. The monoisotopic (exact) mass is 473 g/mol. The number of alkyl halides is 2. The van der Waals surface area contributed by atoms with Gasteiger partial charge in [-0.1, -0.05) is 40.7 Å². The van der Waals surface area contributed by atoms with E-state index in [2.05, 4.69) is 28.9 Å². The van der Waals surface area contributed by atoms with E-state index in [4.69, 9.17) is 4.42 Å². The Labute approximate surface area is 199 Å². The number of aromatic nitrogens is 3. The molecule has 3 aromatic heterocycles. The molecule has 0 radical (unpaired) electrons. The number of oxazole rings is 1. The van der Waals surface area contributed by atoms with Crippen LogP contribution in [0.3, 0.4) is 0 Å². The van der Waals surface area contributed by atoms with E-state index in [9.17, 15) is 13.6 Å². The summed E-state index contributed by atoms with van der Waals surface area (Å²) in [5.41, 5.74) is 2.56. The number of carbonyl (C=O) groups is 1. The number of aliphatic imine (C=N–C) groups is 1. The van der Waals surface area contributed by atoms with Crippen molar-refractivity contribution in [2.75, 3.05) is 13.1 Å². The first kappa shape index (κ1) is 26.9. The molecule has 0 fully saturated rings. The molecule has 0 N–H and O–H groups in total. The van der Waals surface area contributed by atoms with Crippen molar-refractivity contribution in [1.29, 1.82) is 0 Å². The molecule has 0 unspecified atom stereocenters. The standard InChI is InChI=1S/C16H21F2N3O2.C7H6N2.C2H6/c1-4-6-19-12-8-21(7-5-11(12)10(2)3)16(22)14-13(15(17)18)20-9-23-14;1-2-6-9-7(3-1)4-5-8-9;1-2/h6,9-10,15H,4-5,7-8H2,1-3H3;1-6H;1-2H3. The highest BCUT2D eigenvalue weighted by atomic mass is 19.3. The van der Waals surface area contributed by atoms with E-state index in [1.807, 2.05) is 55.7 Å². The Morgan fingerprint density at radius 3 is 2.68 bits per heavy atom. The maximum absolute atomic E-state index is 12.9. The quantitative estimate of drug-likeness (QED) is 0.413. The van der Waals surface area contributed by atoms with Gasteiger partial charge in [0, 0.05) is 25.2 Å². The van der Waals surface area contributed by atoms with Gasteiger partial charge in [-0.2, -0.15) is 5.10 Å². The highest BCUT2D eigenvalue weighted by Gasteiger charge is 2.30. The molecular weight excluding hydrogens is 440 g/mol. The van der Waals surface area contributed by atoms with Gasteiger partial charge in [0.05, 0.1) is 17.8 Å². The summed E-state index contributed by atoms with van der Waals surface area (Å²) >= 11 is 0. The molecule has 7 nitrogen and oxygen atoms in total. The second-order valence-corrected chi connectivity index (χ2v) is 7.59. The third kappa shape index (κ3) is 6.82. The summed E-state index contributed by atoms with van der Waals surface area (Å²) in [5, 5.41) is 4.04. The molecule has 0 aromatic carbocycles. The minimum Gasteiger partial charge on any atom is -0.438 e. The molecule has 0 spiro atoms. The zero-order chi connectivity index (χ0) is 25.1. The van der Waals surface area contributed by atoms with Gasteiger partial charge in [-0.3, -0.25) is 9.79 Å². The smallest absolute Gasteiger partial charge is 0.292 e. The van der Waals surface area contributed by atoms with Gasteiger partial charge in [-0.15, -0.1) is 0 Å². The van der Waals surface area contributed by atoms with E-state index in [1.54, 1.807) is 12.4 Å². The lowest BCUT2D eigenvalue weighted by Crippen LogP contribution is -2.37. The fourth-order valence-electron chi connectivity index (χ4n) is 3.46. The molecule has 4 heterocycles. The molecule has 0 bridgehead atoms. The van der Waals surface area contributed by atoms with E-state index in [1.165, 1.54) is 10.5 Å². The Balaban J connectivity index is 0.000000305. The van der Waals surface area contributed by atoms with Crippen LogP contribution in [0.4, 0.5) is 8.78 Å². The van der Waals surface area contributed by atoms with E-state index in [0.717, 1.165) is 24.0 Å². The van der Waals surface area contributed by atoms with Crippen molar-refractivity contribution in [3.63, 3.8) is 0 Å². The fourth-order valence-corrected chi connectivity index (χ4v) is 3.46. The van der Waals surface area contributed by atoms with Crippen LogP contribution in [0, 0.1) is 5.92 Å². The van der Waals surface area contributed by atoms with Gasteiger partial charge in [-0.25, -0.2) is 18.3 Å². The van der Waals surface area contributed by atoms with Crippen LogP contribution in [0.15, 0.2) is 63.7 Å². The summed E-state index contributed by atoms with van der Waals surface area (Å²) in [7, 11) is 0. The average Bonchev–Trinajstić information content (AvgIpc) is 3.53. The molecule has 0 saturated heterocycles. The summed E-state index contributed by atoms with van der Waals surface area (Å²) in [6.45, 7) is 10.9. The van der Waals surface area contributed by atoms with Crippen LogP contribution in [-0.4, -0.2) is 44.7 Å². The van der Waals surface area contributed by atoms with Crippen molar-refractivity contribution < 1.29 is 18.0 Å². The maximum atomic E-state index is 12.9. The summed E-state index contributed by atoms with van der Waals surface area (Å²) in [4.78, 5) is 21.8. The molecule has 0 aliphatic carbocycles. The van der Waals surface area contributed by atoms with Gasteiger partial charge in [-0.05, 0) is 42.5 Å². The highest BCUT2D eigenvalue weighted by Crippen LogP contribution is 2.28. The molecule has 0 saturated carbocycles. The average molecular weight is 474 g/mol. The van der Waals surface area contributed by atoms with Crippen LogP contribution < -0.4 is 0 Å². The van der Waals surface area contributed by atoms with Crippen LogP contribution in [0.25, 0.3) is 5.52 Å². The molecule has 9 heteroatoms. The molecule has 0 atom stereocenters. The van der Waals surface area contributed by atoms with E-state index >= 15 is 0 Å². The summed E-state index contributed by atoms with van der Waals surface area (Å²) in [6.07, 6.45) is 5.02. The lowest BCUT2D eigenvalue weighted by molar-refractivity contribution is 0.0713. The number of carbonyl (C=O) groups excluding carboxylic acids is 1. The summed E-state index contributed by atoms with van der Waals surface area (Å²) in [5.74, 6) is -0.616. The number of pyridine rings is 1. The molecular formula is C25H33F2N5O2. The van der Waals surface area contributed by atoms with Crippen molar-refractivity contribution >= 4 is 17.6 Å². The Kier molecular flexibility index (Phi) is 10.6. The van der Waals surface area contributed by atoms with Crippen LogP contribution in [0.5, 0.6) is 0 Å². The second kappa shape index (κ2) is 13.4. The van der Waals surface area contributed by atoms with Crippen LogP contribution >= 0.6 is 0 Å². The van der Waals surface area contributed by atoms with Crippen molar-refractivity contribution in [2.45, 2.75) is 53.9 Å². The molecule has 1 amide bonds. The minimum atomic E-state index is -2.84. The van der Waals surface area contributed by atoms with Gasteiger partial charge in [0.2, 0.25) is 5.76 Å². The number of halogens is 2. The van der Waals surface area contributed by atoms with E-state index in [0.29, 0.717) is 25.4 Å². The normalized spacial score (nSPS) is 13.9. The Morgan fingerprint density at radius 2 is 2.03 bits per heavy atom. The number of hydrogen-bond acceptors (Lipinski definition) is 5. The SMILES string of the molecule is CC.CCC=NC1=C(C(C)C)CCN(C(=O)c2ocnc2C(F)F)C1.c1ccn2nccc2c1. The van der Waals surface area contributed by atoms with Crippen molar-refractivity contribution in [2.24, 2.45) is 10.9 Å². The minimum absolute atomic E-state index is 0.298. The number of fused-ring (bicyclic) bond motifs is 1. The highest BCUT2D eigenvalue weighted by molar-refractivity contribution is 5.92. The van der Waals surface area contributed by atoms with Gasteiger partial charge < -0.3 is 9.32 Å². The van der Waals surface area contributed by atoms with E-state index in [-0.39, 0.29) is 5.76 Å². The number of amides is 1. The fraction of sp³-hybridized carbons (Fsp3) is 0.440. The Morgan fingerprint density at radius 1 is 1.26 bits per heavy atom. The van der Waals surface area contributed by atoms with Crippen LogP contribution in [-0.2, 0) is 0 Å². The van der Waals surface area contributed by atoms with Gasteiger partial charge in [0.15, 0.2) is 12.1 Å². The summed E-state index contributed by atoms with van der Waals surface area (Å²) < 4.78 is 32.5. The van der Waals surface area contributed by atoms with Crippen LogP contribution in [0.1, 0.15) is 70.1 Å². The van der Waals surface area contributed by atoms with Crippen molar-refractivity contribution in [3.05, 3.63) is 65.8 Å². The van der Waals surface area contributed by atoms with Crippen molar-refractivity contribution in [1.82, 2.24) is 19.5 Å². The van der Waals surface area contributed by atoms with Crippen molar-refractivity contribution in [3.8, 4) is 0 Å². The molecule has 1 aliphatic heterocycles. The Bertz CT molecular complexity index is 1070. The van der Waals surface area contributed by atoms with Gasteiger partial charge in [0.25, 0.3) is 12.3 Å². The van der Waals surface area contributed by atoms with Gasteiger partial charge in [0.1, 0.15) is 0 Å². The van der Waals surface area contributed by atoms with Gasteiger partial charge >= 0.3 is 0 Å². The summed E-state index contributed by atoms with van der Waals surface area (Å²) in [6, 6.07) is 7.95. The molecule has 4 rings (SSSR count). The number of hydrogen-bond donors (Lipinski definition) is 0. The maximum Gasteiger partial charge on any atom is 0.292 e. The first-order valence-electron chi connectivity index (χ1n) is 11.6. The molecule has 34 heavy (non-hydrogen) atoms. The number of rotatable bonds is 5. The molecule has 184 valence electrons. The number of nitrogens with zero attached hydrogens (tertiary/aromatic N) is 5. The third-order valence-electron chi connectivity index (χ3n) is 5.08. The largest absolute Gasteiger partial charge is 0.438 e. The predicted molar refractivity (Wildman–Crippen MR) is 129 cm³/mol. The first-order chi connectivity index (χ1) is 16.4.